The van der Waals surface area contributed by atoms with Crippen LogP contribution in [0.2, 0.25) is 0 Å². The van der Waals surface area contributed by atoms with E-state index >= 15 is 0 Å². The maximum Gasteiger partial charge on any atom is 0.243 e. The zero-order valence-electron chi connectivity index (χ0n) is 13.7. The topological polar surface area (TPSA) is 140 Å². The third-order valence-electron chi connectivity index (χ3n) is 3.40. The first-order chi connectivity index (χ1) is 12.1. The number of carbonyl (C=O) groups excluding carboxylic acids is 1. The Labute approximate surface area is 142 Å². The third kappa shape index (κ3) is 3.52. The molecule has 0 radical (unpaired) electrons. The molecular formula is C15H17N7O3. The summed E-state index contributed by atoms with van der Waals surface area (Å²) in [5.74, 6) is 1.52. The van der Waals surface area contributed by atoms with Crippen LogP contribution in [0.15, 0.2) is 24.5 Å². The number of hydrogen-bond donors (Lipinski definition) is 4. The van der Waals surface area contributed by atoms with E-state index in [1.807, 2.05) is 0 Å². The first kappa shape index (κ1) is 16.3. The van der Waals surface area contributed by atoms with Crippen molar-refractivity contribution in [2.75, 3.05) is 37.1 Å². The molecule has 2 heterocycles. The van der Waals surface area contributed by atoms with E-state index in [2.05, 4.69) is 30.6 Å². The van der Waals surface area contributed by atoms with Gasteiger partial charge in [0.05, 0.1) is 20.8 Å². The highest BCUT2D eigenvalue weighted by atomic mass is 16.5. The molecule has 0 bridgehead atoms. The van der Waals surface area contributed by atoms with Crippen LogP contribution in [0.3, 0.4) is 0 Å². The molecule has 0 spiro atoms. The van der Waals surface area contributed by atoms with Crippen LogP contribution in [0.4, 0.5) is 17.5 Å². The SMILES string of the molecule is COc1ccc(NC(=O)CNc2nc3ncnc(N)c3[nH]2)cc1OC. The number of nitrogens with two attached hydrogens (primary N) is 1. The van der Waals surface area contributed by atoms with Crippen molar-refractivity contribution in [3.05, 3.63) is 24.5 Å². The zero-order valence-corrected chi connectivity index (χ0v) is 13.7. The van der Waals surface area contributed by atoms with Gasteiger partial charge in [0.15, 0.2) is 23.0 Å². The molecule has 0 unspecified atom stereocenters. The van der Waals surface area contributed by atoms with Crippen LogP contribution in [0.5, 0.6) is 11.5 Å². The quantitative estimate of drug-likeness (QED) is 0.520. The van der Waals surface area contributed by atoms with Gasteiger partial charge >= 0.3 is 0 Å². The maximum atomic E-state index is 12.1. The van der Waals surface area contributed by atoms with E-state index in [-0.39, 0.29) is 12.5 Å². The van der Waals surface area contributed by atoms with Gasteiger partial charge in [-0.2, -0.15) is 4.98 Å². The number of aromatic nitrogens is 4. The summed E-state index contributed by atoms with van der Waals surface area (Å²) in [6.07, 6.45) is 1.33. The molecule has 5 N–H and O–H groups in total. The maximum absolute atomic E-state index is 12.1. The van der Waals surface area contributed by atoms with Gasteiger partial charge in [0.1, 0.15) is 11.8 Å². The van der Waals surface area contributed by atoms with Gasteiger partial charge in [-0.1, -0.05) is 0 Å². The number of ether oxygens (including phenoxy) is 2. The lowest BCUT2D eigenvalue weighted by atomic mass is 10.2. The molecule has 10 heteroatoms. The van der Waals surface area contributed by atoms with E-state index in [9.17, 15) is 4.79 Å². The van der Waals surface area contributed by atoms with Crippen molar-refractivity contribution in [1.29, 1.82) is 0 Å². The lowest BCUT2D eigenvalue weighted by Gasteiger charge is -2.10. The molecule has 0 atom stereocenters. The Kier molecular flexibility index (Phi) is 4.50. The van der Waals surface area contributed by atoms with Crippen LogP contribution in [0.1, 0.15) is 0 Å². The Bertz CT molecular complexity index is 909. The monoisotopic (exact) mass is 343 g/mol. The number of hydrogen-bond acceptors (Lipinski definition) is 8. The molecule has 25 heavy (non-hydrogen) atoms. The van der Waals surface area contributed by atoms with Gasteiger partial charge < -0.3 is 30.8 Å². The second kappa shape index (κ2) is 6.91. The minimum absolute atomic E-state index is 0.00149. The van der Waals surface area contributed by atoms with Crippen LogP contribution in [0, 0.1) is 0 Å². The lowest BCUT2D eigenvalue weighted by molar-refractivity contribution is -0.114. The van der Waals surface area contributed by atoms with Crippen LogP contribution in [-0.2, 0) is 4.79 Å². The molecule has 0 aliphatic rings. The largest absolute Gasteiger partial charge is 0.493 e. The third-order valence-corrected chi connectivity index (χ3v) is 3.40. The van der Waals surface area contributed by atoms with Gasteiger partial charge in [0.25, 0.3) is 0 Å². The molecule has 3 aromatic rings. The zero-order chi connectivity index (χ0) is 17.8. The number of methoxy groups -OCH3 is 2. The van der Waals surface area contributed by atoms with Crippen molar-refractivity contribution in [1.82, 2.24) is 19.9 Å². The second-order valence-corrected chi connectivity index (χ2v) is 5.01. The highest BCUT2D eigenvalue weighted by molar-refractivity contribution is 5.94. The summed E-state index contributed by atoms with van der Waals surface area (Å²) in [5.41, 5.74) is 7.26. The molecule has 1 amide bonds. The minimum atomic E-state index is -0.258. The van der Waals surface area contributed by atoms with E-state index in [0.29, 0.717) is 40.1 Å². The first-order valence-electron chi connectivity index (χ1n) is 7.32. The highest BCUT2D eigenvalue weighted by Crippen LogP contribution is 2.29. The summed E-state index contributed by atoms with van der Waals surface area (Å²) in [4.78, 5) is 27.1. The number of H-pyrrole nitrogens is 1. The number of nitrogen functional groups attached to an aromatic ring is 1. The van der Waals surface area contributed by atoms with E-state index in [1.54, 1.807) is 25.3 Å². The smallest absolute Gasteiger partial charge is 0.243 e. The average molecular weight is 343 g/mol. The molecule has 3 rings (SSSR count). The summed E-state index contributed by atoms with van der Waals surface area (Å²) >= 11 is 0. The number of benzene rings is 1. The van der Waals surface area contributed by atoms with Gasteiger partial charge in [0, 0.05) is 11.8 Å². The molecule has 0 aliphatic carbocycles. The van der Waals surface area contributed by atoms with Crippen molar-refractivity contribution >= 4 is 34.5 Å². The van der Waals surface area contributed by atoms with E-state index < -0.39 is 0 Å². The summed E-state index contributed by atoms with van der Waals surface area (Å²) < 4.78 is 10.4. The Hall–Kier alpha value is -3.56. The predicted molar refractivity (Wildman–Crippen MR) is 92.8 cm³/mol. The summed E-state index contributed by atoms with van der Waals surface area (Å²) in [6.45, 7) is 0.00149. The molecule has 1 aromatic carbocycles. The Morgan fingerprint density at radius 2 is 2.04 bits per heavy atom. The second-order valence-electron chi connectivity index (χ2n) is 5.01. The van der Waals surface area contributed by atoms with Gasteiger partial charge in [-0.05, 0) is 12.1 Å². The fourth-order valence-electron chi connectivity index (χ4n) is 2.21. The highest BCUT2D eigenvalue weighted by Gasteiger charge is 2.10. The minimum Gasteiger partial charge on any atom is -0.493 e. The molecule has 10 nitrogen and oxygen atoms in total. The van der Waals surface area contributed by atoms with Gasteiger partial charge in [0.2, 0.25) is 11.9 Å². The Morgan fingerprint density at radius 1 is 1.24 bits per heavy atom. The average Bonchev–Trinajstić information content (AvgIpc) is 3.04. The molecule has 0 saturated heterocycles. The fraction of sp³-hybridized carbons (Fsp3) is 0.200. The normalized spacial score (nSPS) is 10.5. The number of carbonyl (C=O) groups is 1. The fourth-order valence-corrected chi connectivity index (χ4v) is 2.21. The van der Waals surface area contributed by atoms with Gasteiger partial charge in [-0.15, -0.1) is 0 Å². The molecule has 0 aliphatic heterocycles. The van der Waals surface area contributed by atoms with Gasteiger partial charge in [-0.25, -0.2) is 9.97 Å². The van der Waals surface area contributed by atoms with E-state index in [0.717, 1.165) is 0 Å². The molecule has 2 aromatic heterocycles. The van der Waals surface area contributed by atoms with Crippen LogP contribution < -0.4 is 25.8 Å². The summed E-state index contributed by atoms with van der Waals surface area (Å²) in [5, 5.41) is 5.63. The predicted octanol–water partition coefficient (Wildman–Crippen LogP) is 1.00. The summed E-state index contributed by atoms with van der Waals surface area (Å²) in [7, 11) is 3.08. The van der Waals surface area contributed by atoms with Gasteiger partial charge in [-0.3, -0.25) is 4.79 Å². The van der Waals surface area contributed by atoms with E-state index in [1.165, 1.54) is 13.4 Å². The standard InChI is InChI=1S/C15H17N7O3/c1-24-9-4-3-8(5-10(9)25-2)20-11(23)6-17-15-21-12-13(16)18-7-19-14(12)22-15/h3-5,7H,6H2,1-2H3,(H,20,23)(H4,16,17,18,19,21,22). The molecule has 130 valence electrons. The lowest BCUT2D eigenvalue weighted by Crippen LogP contribution is -2.22. The van der Waals surface area contributed by atoms with Crippen molar-refractivity contribution in [3.8, 4) is 11.5 Å². The van der Waals surface area contributed by atoms with Crippen LogP contribution in [-0.4, -0.2) is 46.6 Å². The number of nitrogens with zero attached hydrogens (tertiary/aromatic N) is 3. The Balaban J connectivity index is 1.63. The number of imidazole rings is 1. The van der Waals surface area contributed by atoms with Crippen molar-refractivity contribution in [2.45, 2.75) is 0 Å². The first-order valence-corrected chi connectivity index (χ1v) is 7.32. The molecular weight excluding hydrogens is 326 g/mol. The molecule has 0 saturated carbocycles. The van der Waals surface area contributed by atoms with Crippen molar-refractivity contribution in [2.24, 2.45) is 0 Å². The van der Waals surface area contributed by atoms with Crippen molar-refractivity contribution in [3.63, 3.8) is 0 Å². The number of fused-ring (bicyclic) bond motifs is 1. The summed E-state index contributed by atoms with van der Waals surface area (Å²) in [6, 6.07) is 5.10. The number of rotatable bonds is 6. The number of anilines is 3. The number of amides is 1. The van der Waals surface area contributed by atoms with E-state index in [4.69, 9.17) is 15.2 Å². The Morgan fingerprint density at radius 3 is 2.76 bits per heavy atom. The van der Waals surface area contributed by atoms with Crippen LogP contribution in [0.25, 0.3) is 11.2 Å². The van der Waals surface area contributed by atoms with Crippen molar-refractivity contribution < 1.29 is 14.3 Å². The number of nitrogens with one attached hydrogen (secondary N) is 3. The van der Waals surface area contributed by atoms with Crippen LogP contribution >= 0.6 is 0 Å². The number of aromatic amines is 1. The molecule has 0 fully saturated rings.